The second-order valence-electron chi connectivity index (χ2n) is 6.81. The lowest BCUT2D eigenvalue weighted by molar-refractivity contribution is 0.129. The normalized spacial score (nSPS) is 25.6. The molecule has 116 valence electrons. The molecule has 1 aromatic heterocycles. The number of likely N-dealkylation sites (tertiary alicyclic amines) is 2. The van der Waals surface area contributed by atoms with Crippen molar-refractivity contribution in [1.29, 1.82) is 0 Å². The molecule has 0 N–H and O–H groups in total. The zero-order valence-electron chi connectivity index (χ0n) is 13.2. The standard InChI is InChI=1S/C18H29N3/c1-2-4-12-20(11-3-1)15-18-6-5-13-21(16-18)14-17-7-9-19-10-8-17/h7-10,18H,1-6,11-16H2. The van der Waals surface area contributed by atoms with E-state index in [9.17, 15) is 0 Å². The fourth-order valence-corrected chi connectivity index (χ4v) is 3.87. The molecule has 0 radical (unpaired) electrons. The highest BCUT2D eigenvalue weighted by molar-refractivity contribution is 5.09. The van der Waals surface area contributed by atoms with Crippen LogP contribution < -0.4 is 0 Å². The quantitative estimate of drug-likeness (QED) is 0.848. The maximum absolute atomic E-state index is 4.11. The first-order valence-electron chi connectivity index (χ1n) is 8.74. The zero-order chi connectivity index (χ0) is 14.3. The van der Waals surface area contributed by atoms with Crippen LogP contribution in [-0.2, 0) is 6.54 Å². The van der Waals surface area contributed by atoms with Crippen LogP contribution in [0.15, 0.2) is 24.5 Å². The summed E-state index contributed by atoms with van der Waals surface area (Å²) in [6, 6.07) is 4.30. The molecule has 0 amide bonds. The van der Waals surface area contributed by atoms with Crippen LogP contribution >= 0.6 is 0 Å². The molecule has 1 atom stereocenters. The van der Waals surface area contributed by atoms with Gasteiger partial charge in [-0.05, 0) is 68.9 Å². The maximum Gasteiger partial charge on any atom is 0.0271 e. The van der Waals surface area contributed by atoms with Gasteiger partial charge in [-0.1, -0.05) is 12.8 Å². The van der Waals surface area contributed by atoms with Crippen LogP contribution in [0, 0.1) is 5.92 Å². The molecule has 3 heteroatoms. The summed E-state index contributed by atoms with van der Waals surface area (Å²) in [5, 5.41) is 0. The van der Waals surface area contributed by atoms with Gasteiger partial charge >= 0.3 is 0 Å². The molecule has 3 nitrogen and oxygen atoms in total. The third-order valence-corrected chi connectivity index (χ3v) is 4.97. The summed E-state index contributed by atoms with van der Waals surface area (Å²) in [4.78, 5) is 9.48. The van der Waals surface area contributed by atoms with Crippen LogP contribution in [-0.4, -0.2) is 47.5 Å². The van der Waals surface area contributed by atoms with Crippen molar-refractivity contribution in [1.82, 2.24) is 14.8 Å². The summed E-state index contributed by atoms with van der Waals surface area (Å²) >= 11 is 0. The summed E-state index contributed by atoms with van der Waals surface area (Å²) in [5.41, 5.74) is 1.40. The van der Waals surface area contributed by atoms with E-state index in [-0.39, 0.29) is 0 Å². The molecule has 2 fully saturated rings. The van der Waals surface area contributed by atoms with Gasteiger partial charge in [-0.25, -0.2) is 0 Å². The van der Waals surface area contributed by atoms with Crippen LogP contribution in [0.4, 0.5) is 0 Å². The predicted molar refractivity (Wildman–Crippen MR) is 87.1 cm³/mol. The Hall–Kier alpha value is -0.930. The summed E-state index contributed by atoms with van der Waals surface area (Å²) in [6.45, 7) is 7.63. The largest absolute Gasteiger partial charge is 0.303 e. The van der Waals surface area contributed by atoms with Crippen LogP contribution in [0.1, 0.15) is 44.1 Å². The topological polar surface area (TPSA) is 19.4 Å². The van der Waals surface area contributed by atoms with Gasteiger partial charge in [0.2, 0.25) is 0 Å². The number of pyridine rings is 1. The van der Waals surface area contributed by atoms with Crippen LogP contribution in [0.25, 0.3) is 0 Å². The van der Waals surface area contributed by atoms with Crippen LogP contribution in [0.2, 0.25) is 0 Å². The molecule has 1 aromatic rings. The highest BCUT2D eigenvalue weighted by atomic mass is 15.2. The molecule has 0 spiro atoms. The van der Waals surface area contributed by atoms with Gasteiger partial charge in [-0.2, -0.15) is 0 Å². The van der Waals surface area contributed by atoms with Crippen molar-refractivity contribution in [3.8, 4) is 0 Å². The third kappa shape index (κ3) is 4.79. The summed E-state index contributed by atoms with van der Waals surface area (Å²) in [7, 11) is 0. The number of aromatic nitrogens is 1. The Morgan fingerprint density at radius 1 is 0.905 bits per heavy atom. The lowest BCUT2D eigenvalue weighted by Gasteiger charge is -2.35. The summed E-state index contributed by atoms with van der Waals surface area (Å²) in [6.07, 6.45) is 12.3. The van der Waals surface area contributed by atoms with Crippen molar-refractivity contribution in [2.75, 3.05) is 32.7 Å². The zero-order valence-corrected chi connectivity index (χ0v) is 13.2. The second-order valence-corrected chi connectivity index (χ2v) is 6.81. The van der Waals surface area contributed by atoms with Crippen LogP contribution in [0.5, 0.6) is 0 Å². The number of rotatable bonds is 4. The fourth-order valence-electron chi connectivity index (χ4n) is 3.87. The van der Waals surface area contributed by atoms with Crippen molar-refractivity contribution in [3.05, 3.63) is 30.1 Å². The Labute approximate surface area is 129 Å². The first-order valence-corrected chi connectivity index (χ1v) is 8.74. The SMILES string of the molecule is c1cc(CN2CCCC(CN3CCCCCC3)C2)ccn1. The lowest BCUT2D eigenvalue weighted by atomic mass is 9.97. The van der Waals surface area contributed by atoms with Crippen molar-refractivity contribution >= 4 is 0 Å². The number of hydrogen-bond donors (Lipinski definition) is 0. The van der Waals surface area contributed by atoms with Crippen molar-refractivity contribution in [2.24, 2.45) is 5.92 Å². The number of hydrogen-bond acceptors (Lipinski definition) is 3. The molecule has 0 saturated carbocycles. The molecule has 3 heterocycles. The Bertz CT molecular complexity index is 398. The summed E-state index contributed by atoms with van der Waals surface area (Å²) in [5.74, 6) is 0.874. The number of piperidine rings is 1. The first-order chi connectivity index (χ1) is 10.4. The third-order valence-electron chi connectivity index (χ3n) is 4.97. The Morgan fingerprint density at radius 3 is 2.38 bits per heavy atom. The van der Waals surface area contributed by atoms with Crippen molar-refractivity contribution < 1.29 is 0 Å². The van der Waals surface area contributed by atoms with E-state index >= 15 is 0 Å². The van der Waals surface area contributed by atoms with Gasteiger partial charge in [0.25, 0.3) is 0 Å². The average molecular weight is 287 g/mol. The highest BCUT2D eigenvalue weighted by Gasteiger charge is 2.22. The van der Waals surface area contributed by atoms with Gasteiger partial charge in [0.15, 0.2) is 0 Å². The molecule has 0 aromatic carbocycles. The highest BCUT2D eigenvalue weighted by Crippen LogP contribution is 2.21. The van der Waals surface area contributed by atoms with Crippen molar-refractivity contribution in [2.45, 2.75) is 45.1 Å². The van der Waals surface area contributed by atoms with Crippen LogP contribution in [0.3, 0.4) is 0 Å². The lowest BCUT2D eigenvalue weighted by Crippen LogP contribution is -2.41. The molecule has 2 aliphatic heterocycles. The molecule has 1 unspecified atom stereocenters. The van der Waals surface area contributed by atoms with E-state index < -0.39 is 0 Å². The molecule has 3 rings (SSSR count). The Morgan fingerprint density at radius 2 is 1.62 bits per heavy atom. The molecule has 0 bridgehead atoms. The van der Waals surface area contributed by atoms with Gasteiger partial charge in [-0.15, -0.1) is 0 Å². The van der Waals surface area contributed by atoms with E-state index in [0.717, 1.165) is 12.5 Å². The van der Waals surface area contributed by atoms with E-state index in [4.69, 9.17) is 0 Å². The van der Waals surface area contributed by atoms with Gasteiger partial charge < -0.3 is 4.90 Å². The second kappa shape index (κ2) is 7.90. The minimum atomic E-state index is 0.874. The van der Waals surface area contributed by atoms with Gasteiger partial charge in [-0.3, -0.25) is 9.88 Å². The molecule has 2 aliphatic rings. The number of nitrogens with zero attached hydrogens (tertiary/aromatic N) is 3. The smallest absolute Gasteiger partial charge is 0.0271 e. The molecule has 21 heavy (non-hydrogen) atoms. The summed E-state index contributed by atoms with van der Waals surface area (Å²) < 4.78 is 0. The van der Waals surface area contributed by atoms with Gasteiger partial charge in [0.1, 0.15) is 0 Å². The fraction of sp³-hybridized carbons (Fsp3) is 0.722. The molecule has 2 saturated heterocycles. The van der Waals surface area contributed by atoms with E-state index in [1.807, 2.05) is 12.4 Å². The Balaban J connectivity index is 1.48. The van der Waals surface area contributed by atoms with E-state index in [2.05, 4.69) is 26.9 Å². The molecular formula is C18H29N3. The minimum Gasteiger partial charge on any atom is -0.303 e. The first kappa shape index (κ1) is 15.0. The average Bonchev–Trinajstić information content (AvgIpc) is 2.77. The molecule has 0 aliphatic carbocycles. The predicted octanol–water partition coefficient (Wildman–Crippen LogP) is 3.17. The van der Waals surface area contributed by atoms with Crippen molar-refractivity contribution in [3.63, 3.8) is 0 Å². The maximum atomic E-state index is 4.11. The monoisotopic (exact) mass is 287 g/mol. The van der Waals surface area contributed by atoms with Gasteiger partial charge in [0.05, 0.1) is 0 Å². The minimum absolute atomic E-state index is 0.874. The molecular weight excluding hydrogens is 258 g/mol. The Kier molecular flexibility index (Phi) is 5.64. The van der Waals surface area contributed by atoms with E-state index in [1.165, 1.54) is 76.8 Å². The van der Waals surface area contributed by atoms with E-state index in [1.54, 1.807) is 0 Å². The van der Waals surface area contributed by atoms with E-state index in [0.29, 0.717) is 0 Å². The van der Waals surface area contributed by atoms with Gasteiger partial charge in [0, 0.05) is 32.0 Å².